The van der Waals surface area contributed by atoms with Crippen molar-refractivity contribution >= 4 is 15.9 Å². The molecular formula is C18H24N2O3S. The second-order valence-corrected chi connectivity index (χ2v) is 7.96. The molecule has 0 saturated carbocycles. The monoisotopic (exact) mass is 348 g/mol. The maximum absolute atomic E-state index is 12.5. The van der Waals surface area contributed by atoms with Gasteiger partial charge in [-0.05, 0) is 49.9 Å². The minimum Gasteiger partial charge on any atom is -0.336 e. The van der Waals surface area contributed by atoms with E-state index in [1.807, 2.05) is 13.8 Å². The zero-order valence-electron chi connectivity index (χ0n) is 14.2. The van der Waals surface area contributed by atoms with Crippen LogP contribution in [0.1, 0.15) is 49.9 Å². The minimum atomic E-state index is -3.46. The zero-order chi connectivity index (χ0) is 17.8. The maximum Gasteiger partial charge on any atom is 0.252 e. The molecule has 6 heteroatoms. The van der Waals surface area contributed by atoms with Gasteiger partial charge in [0.25, 0.3) is 5.91 Å². The number of sulfonamides is 1. The first-order valence-electron chi connectivity index (χ1n) is 8.29. The van der Waals surface area contributed by atoms with Crippen LogP contribution in [0.5, 0.6) is 0 Å². The van der Waals surface area contributed by atoms with Crippen molar-refractivity contribution in [3.8, 4) is 12.3 Å². The predicted molar refractivity (Wildman–Crippen MR) is 94.0 cm³/mol. The number of benzene rings is 1. The summed E-state index contributed by atoms with van der Waals surface area (Å²) in [7, 11) is -3.46. The first kappa shape index (κ1) is 18.5. The van der Waals surface area contributed by atoms with E-state index in [0.717, 1.165) is 12.8 Å². The van der Waals surface area contributed by atoms with Gasteiger partial charge in [-0.3, -0.25) is 4.79 Å². The molecule has 1 aromatic rings. The van der Waals surface area contributed by atoms with Crippen molar-refractivity contribution in [1.82, 2.24) is 9.62 Å². The summed E-state index contributed by atoms with van der Waals surface area (Å²) < 4.78 is 26.5. The molecule has 1 aliphatic heterocycles. The molecule has 0 unspecified atom stereocenters. The Morgan fingerprint density at radius 1 is 1.21 bits per heavy atom. The van der Waals surface area contributed by atoms with Gasteiger partial charge < -0.3 is 5.32 Å². The van der Waals surface area contributed by atoms with Crippen molar-refractivity contribution in [3.63, 3.8) is 0 Å². The molecule has 1 N–H and O–H groups in total. The van der Waals surface area contributed by atoms with Crippen LogP contribution < -0.4 is 5.32 Å². The molecule has 1 fully saturated rings. The Morgan fingerprint density at radius 2 is 1.75 bits per heavy atom. The van der Waals surface area contributed by atoms with E-state index in [1.165, 1.54) is 28.6 Å². The lowest BCUT2D eigenvalue weighted by atomic mass is 9.93. The van der Waals surface area contributed by atoms with E-state index in [2.05, 4.69) is 11.2 Å². The van der Waals surface area contributed by atoms with Gasteiger partial charge in [-0.15, -0.1) is 6.42 Å². The molecule has 1 saturated heterocycles. The minimum absolute atomic E-state index is 0.218. The molecule has 1 aliphatic rings. The molecule has 0 atom stereocenters. The highest BCUT2D eigenvalue weighted by molar-refractivity contribution is 7.89. The molecule has 1 amide bonds. The van der Waals surface area contributed by atoms with Crippen molar-refractivity contribution < 1.29 is 13.2 Å². The number of nitrogens with one attached hydrogen (secondary N) is 1. The lowest BCUT2D eigenvalue weighted by Crippen LogP contribution is -2.46. The molecule has 5 nitrogen and oxygen atoms in total. The van der Waals surface area contributed by atoms with Crippen molar-refractivity contribution in [2.24, 2.45) is 0 Å². The van der Waals surface area contributed by atoms with E-state index in [4.69, 9.17) is 6.42 Å². The molecule has 1 aromatic carbocycles. The quantitative estimate of drug-likeness (QED) is 0.803. The van der Waals surface area contributed by atoms with Crippen LogP contribution in [0.2, 0.25) is 0 Å². The Balaban J connectivity index is 2.17. The van der Waals surface area contributed by atoms with Crippen molar-refractivity contribution in [2.45, 2.75) is 50.0 Å². The molecule has 0 radical (unpaired) electrons. The number of rotatable bonds is 6. The summed E-state index contributed by atoms with van der Waals surface area (Å²) in [5.74, 6) is 2.36. The van der Waals surface area contributed by atoms with Crippen LogP contribution in [-0.4, -0.2) is 37.3 Å². The SMILES string of the molecule is C#CC(CC)(CC)NC(=O)c1ccc(S(=O)(=O)N2CCCC2)cc1. The van der Waals surface area contributed by atoms with E-state index in [0.29, 0.717) is 31.5 Å². The van der Waals surface area contributed by atoms with Gasteiger partial charge in [0.1, 0.15) is 5.54 Å². The van der Waals surface area contributed by atoms with Crippen molar-refractivity contribution in [1.29, 1.82) is 0 Å². The summed E-state index contributed by atoms with van der Waals surface area (Å²) in [5.41, 5.74) is -0.269. The Labute approximate surface area is 144 Å². The smallest absolute Gasteiger partial charge is 0.252 e. The maximum atomic E-state index is 12.5. The lowest BCUT2D eigenvalue weighted by molar-refractivity contribution is 0.0916. The van der Waals surface area contributed by atoms with Gasteiger partial charge in [-0.2, -0.15) is 4.31 Å². The average Bonchev–Trinajstić information content (AvgIpc) is 3.15. The summed E-state index contributed by atoms with van der Waals surface area (Å²) in [6.45, 7) is 4.97. The number of terminal acetylenes is 1. The topological polar surface area (TPSA) is 66.5 Å². The Morgan fingerprint density at radius 3 is 2.21 bits per heavy atom. The normalized spacial score (nSPS) is 15.9. The van der Waals surface area contributed by atoms with Crippen molar-refractivity contribution in [3.05, 3.63) is 29.8 Å². The second-order valence-electron chi connectivity index (χ2n) is 6.02. The van der Waals surface area contributed by atoms with Gasteiger partial charge in [-0.1, -0.05) is 19.8 Å². The molecule has 0 aromatic heterocycles. The standard InChI is InChI=1S/C18H24N2O3S/c1-4-18(5-2,6-3)19-17(21)15-9-11-16(12-10-15)24(22,23)20-13-7-8-14-20/h1,9-12H,5-8,13-14H2,2-3H3,(H,19,21). The molecular weight excluding hydrogens is 324 g/mol. The molecule has 24 heavy (non-hydrogen) atoms. The third-order valence-corrected chi connectivity index (χ3v) is 6.57. The van der Waals surface area contributed by atoms with E-state index >= 15 is 0 Å². The third-order valence-electron chi connectivity index (χ3n) is 4.66. The van der Waals surface area contributed by atoms with Gasteiger partial charge in [0.15, 0.2) is 0 Å². The van der Waals surface area contributed by atoms with Crippen LogP contribution >= 0.6 is 0 Å². The van der Waals surface area contributed by atoms with Gasteiger partial charge in [-0.25, -0.2) is 8.42 Å². The Hall–Kier alpha value is -1.84. The predicted octanol–water partition coefficient (Wildman–Crippen LogP) is 2.39. The molecule has 0 spiro atoms. The number of hydrogen-bond donors (Lipinski definition) is 1. The zero-order valence-corrected chi connectivity index (χ0v) is 15.0. The molecule has 1 heterocycles. The fourth-order valence-corrected chi connectivity index (χ4v) is 4.33. The first-order valence-corrected chi connectivity index (χ1v) is 9.73. The van der Waals surface area contributed by atoms with Gasteiger partial charge >= 0.3 is 0 Å². The number of nitrogens with zero attached hydrogens (tertiary/aromatic N) is 1. The molecule has 0 aliphatic carbocycles. The van der Waals surface area contributed by atoms with E-state index in [9.17, 15) is 13.2 Å². The van der Waals surface area contributed by atoms with Gasteiger partial charge in [0.05, 0.1) is 4.90 Å². The average molecular weight is 348 g/mol. The molecule has 130 valence electrons. The van der Waals surface area contributed by atoms with Crippen LogP contribution in [0, 0.1) is 12.3 Å². The first-order chi connectivity index (χ1) is 11.4. The third kappa shape index (κ3) is 3.63. The fourth-order valence-electron chi connectivity index (χ4n) is 2.81. The van der Waals surface area contributed by atoms with Crippen LogP contribution in [0.15, 0.2) is 29.2 Å². The number of hydrogen-bond acceptors (Lipinski definition) is 3. The van der Waals surface area contributed by atoms with E-state index in [-0.39, 0.29) is 10.8 Å². The number of amides is 1. The summed E-state index contributed by atoms with van der Waals surface area (Å²) in [4.78, 5) is 12.6. The lowest BCUT2D eigenvalue weighted by Gasteiger charge is -2.27. The largest absolute Gasteiger partial charge is 0.336 e. The van der Waals surface area contributed by atoms with E-state index < -0.39 is 15.6 Å². The van der Waals surface area contributed by atoms with Gasteiger partial charge in [0.2, 0.25) is 10.0 Å². The van der Waals surface area contributed by atoms with Crippen LogP contribution in [0.25, 0.3) is 0 Å². The summed E-state index contributed by atoms with van der Waals surface area (Å²) in [5, 5.41) is 2.87. The molecule has 2 rings (SSSR count). The molecule has 0 bridgehead atoms. The Bertz CT molecular complexity index is 723. The Kier molecular flexibility index (Phi) is 5.68. The van der Waals surface area contributed by atoms with Crippen LogP contribution in [0.4, 0.5) is 0 Å². The summed E-state index contributed by atoms with van der Waals surface area (Å²) in [6, 6.07) is 6.03. The highest BCUT2D eigenvalue weighted by Gasteiger charge is 2.28. The number of carbonyl (C=O) groups excluding carboxylic acids is 1. The summed E-state index contributed by atoms with van der Waals surface area (Å²) >= 11 is 0. The van der Waals surface area contributed by atoms with Crippen molar-refractivity contribution in [2.75, 3.05) is 13.1 Å². The van der Waals surface area contributed by atoms with Gasteiger partial charge in [0, 0.05) is 18.7 Å². The fraction of sp³-hybridized carbons (Fsp3) is 0.500. The second kappa shape index (κ2) is 7.37. The van der Waals surface area contributed by atoms with Crippen LogP contribution in [0.3, 0.4) is 0 Å². The summed E-state index contributed by atoms with van der Waals surface area (Å²) in [6.07, 6.45) is 8.60. The number of carbonyl (C=O) groups is 1. The highest BCUT2D eigenvalue weighted by Crippen LogP contribution is 2.21. The van der Waals surface area contributed by atoms with E-state index in [1.54, 1.807) is 0 Å². The highest BCUT2D eigenvalue weighted by atomic mass is 32.2. The van der Waals surface area contributed by atoms with Crippen LogP contribution in [-0.2, 0) is 10.0 Å².